The van der Waals surface area contributed by atoms with Gasteiger partial charge in [-0.3, -0.25) is 4.52 Å². The fraction of sp³-hybridized carbons (Fsp3) is 1.00. The first-order valence-corrected chi connectivity index (χ1v) is 8.07. The molecule has 1 fully saturated rings. The molecular weight excluding hydrogens is 326 g/mol. The largest absolute Gasteiger partial charge is 0.481 e. The summed E-state index contributed by atoms with van der Waals surface area (Å²) in [6.45, 7) is 0. The molecule has 0 saturated heterocycles. The Labute approximate surface area is 111 Å². The summed E-state index contributed by atoms with van der Waals surface area (Å²) in [6, 6.07) is 0. The van der Waals surface area contributed by atoms with Gasteiger partial charge in [-0.1, -0.05) is 0 Å². The zero-order chi connectivity index (χ0) is 15.9. The Morgan fingerprint density at radius 3 is 1.40 bits per heavy atom. The van der Waals surface area contributed by atoms with Crippen molar-refractivity contribution in [2.75, 3.05) is 0 Å². The van der Waals surface area contributed by atoms with Crippen LogP contribution in [0.1, 0.15) is 0 Å². The lowest BCUT2D eigenvalue weighted by Gasteiger charge is -2.41. The second kappa shape index (κ2) is 6.05. The highest BCUT2D eigenvalue weighted by Crippen LogP contribution is 2.58. The van der Waals surface area contributed by atoms with Crippen molar-refractivity contribution in [3.63, 3.8) is 0 Å². The van der Waals surface area contributed by atoms with Crippen molar-refractivity contribution in [3.05, 3.63) is 0 Å². The first-order chi connectivity index (χ1) is 8.86. The van der Waals surface area contributed by atoms with Crippen LogP contribution in [0, 0.1) is 0 Å². The summed E-state index contributed by atoms with van der Waals surface area (Å²) in [6.07, 6.45) is -12.4. The number of hydrogen-bond donors (Lipinski definition) is 8. The topological polar surface area (TPSA) is 214 Å². The second-order valence-corrected chi connectivity index (χ2v) is 6.85. The number of aliphatic hydroxyl groups is 5. The van der Waals surface area contributed by atoms with Crippen molar-refractivity contribution in [3.8, 4) is 0 Å². The first kappa shape index (κ1) is 18.1. The highest BCUT2D eigenvalue weighted by Gasteiger charge is 2.52. The molecule has 1 saturated carbocycles. The number of rotatable bonds is 4. The quantitative estimate of drug-likeness (QED) is 0.233. The number of hydrogen-bond acceptors (Lipinski definition) is 9. The molecule has 0 heterocycles. The third-order valence-corrected chi connectivity index (χ3v) is 4.72. The molecule has 0 aliphatic heterocycles. The minimum Gasteiger partial charge on any atom is -0.387 e. The smallest absolute Gasteiger partial charge is 0.387 e. The number of phosphoric acid groups is 2. The molecule has 0 bridgehead atoms. The third kappa shape index (κ3) is 4.28. The van der Waals surface area contributed by atoms with Gasteiger partial charge in [-0.05, 0) is 0 Å². The van der Waals surface area contributed by atoms with Gasteiger partial charge in [0.05, 0.1) is 0 Å². The van der Waals surface area contributed by atoms with Crippen LogP contribution in [0.15, 0.2) is 0 Å². The van der Waals surface area contributed by atoms with Crippen molar-refractivity contribution < 1.29 is 58.2 Å². The average Bonchev–Trinajstić information content (AvgIpc) is 2.26. The molecule has 12 nitrogen and oxygen atoms in total. The number of aliphatic hydroxyl groups excluding tert-OH is 5. The lowest BCUT2D eigenvalue weighted by molar-refractivity contribution is -0.219. The van der Waals surface area contributed by atoms with E-state index in [1.54, 1.807) is 0 Å². The van der Waals surface area contributed by atoms with Gasteiger partial charge in [0.25, 0.3) is 0 Å². The maximum atomic E-state index is 11.3. The molecule has 14 heteroatoms. The summed E-state index contributed by atoms with van der Waals surface area (Å²) in [7, 11) is -10.8. The molecule has 120 valence electrons. The van der Waals surface area contributed by atoms with Gasteiger partial charge in [0, 0.05) is 0 Å². The van der Waals surface area contributed by atoms with Gasteiger partial charge < -0.3 is 40.2 Å². The van der Waals surface area contributed by atoms with Crippen LogP contribution >= 0.6 is 15.6 Å². The van der Waals surface area contributed by atoms with E-state index in [1.807, 2.05) is 0 Å². The Balaban J connectivity index is 2.90. The van der Waals surface area contributed by atoms with Crippen LogP contribution in [0.2, 0.25) is 0 Å². The summed E-state index contributed by atoms with van der Waals surface area (Å²) in [5.74, 6) is 0. The fourth-order valence-corrected chi connectivity index (χ4v) is 3.42. The van der Waals surface area contributed by atoms with Gasteiger partial charge in [-0.25, -0.2) is 9.13 Å². The molecule has 0 radical (unpaired) electrons. The van der Waals surface area contributed by atoms with E-state index in [1.165, 1.54) is 0 Å². The standard InChI is InChI=1S/C6H14O12P2/c7-1-2(8)4(10)6(5(11)3(1)9)17-20(15,16)18-19(12,13)14/h1-11H,(H,15,16)(H2,12,13,14)/t1?,2-,3+,4+,5-,6?. The Morgan fingerprint density at radius 1 is 0.700 bits per heavy atom. The molecule has 3 unspecified atom stereocenters. The fourth-order valence-electron chi connectivity index (χ4n) is 1.63. The molecule has 1 aliphatic rings. The zero-order valence-electron chi connectivity index (χ0n) is 9.57. The lowest BCUT2D eigenvalue weighted by Crippen LogP contribution is -2.64. The van der Waals surface area contributed by atoms with E-state index < -0.39 is 52.3 Å². The molecule has 7 atom stereocenters. The molecular formula is C6H14O12P2. The molecule has 1 rings (SSSR count). The van der Waals surface area contributed by atoms with Crippen molar-refractivity contribution in [2.24, 2.45) is 0 Å². The Kier molecular flexibility index (Phi) is 5.48. The van der Waals surface area contributed by atoms with E-state index in [-0.39, 0.29) is 0 Å². The van der Waals surface area contributed by atoms with Crippen LogP contribution in [0.3, 0.4) is 0 Å². The van der Waals surface area contributed by atoms with Gasteiger partial charge in [0.15, 0.2) is 0 Å². The van der Waals surface area contributed by atoms with Crippen LogP contribution in [0.25, 0.3) is 0 Å². The zero-order valence-corrected chi connectivity index (χ0v) is 11.4. The van der Waals surface area contributed by atoms with E-state index in [2.05, 4.69) is 8.83 Å². The van der Waals surface area contributed by atoms with Crippen LogP contribution < -0.4 is 0 Å². The van der Waals surface area contributed by atoms with Gasteiger partial charge in [-0.15, -0.1) is 0 Å². The van der Waals surface area contributed by atoms with Crippen molar-refractivity contribution >= 4 is 15.6 Å². The van der Waals surface area contributed by atoms with Gasteiger partial charge in [0.1, 0.15) is 36.6 Å². The van der Waals surface area contributed by atoms with Gasteiger partial charge in [-0.2, -0.15) is 4.31 Å². The molecule has 0 aromatic carbocycles. The van der Waals surface area contributed by atoms with Crippen molar-refractivity contribution in [1.82, 2.24) is 0 Å². The van der Waals surface area contributed by atoms with Crippen LogP contribution in [-0.4, -0.2) is 76.8 Å². The van der Waals surface area contributed by atoms with Gasteiger partial charge in [0.2, 0.25) is 0 Å². The van der Waals surface area contributed by atoms with Gasteiger partial charge >= 0.3 is 15.6 Å². The summed E-state index contributed by atoms with van der Waals surface area (Å²) in [4.78, 5) is 25.8. The Morgan fingerprint density at radius 2 is 1.05 bits per heavy atom. The predicted octanol–water partition coefficient (Wildman–Crippen LogP) is -3.60. The summed E-state index contributed by atoms with van der Waals surface area (Å²) < 4.78 is 29.2. The maximum absolute atomic E-state index is 11.3. The highest BCUT2D eigenvalue weighted by atomic mass is 31.3. The lowest BCUT2D eigenvalue weighted by atomic mass is 9.85. The Hall–Kier alpha value is 0.0600. The monoisotopic (exact) mass is 340 g/mol. The molecule has 0 spiro atoms. The normalized spacial score (nSPS) is 42.2. The number of phosphoric ester groups is 1. The van der Waals surface area contributed by atoms with E-state index in [0.29, 0.717) is 0 Å². The van der Waals surface area contributed by atoms with Crippen LogP contribution in [0.4, 0.5) is 0 Å². The predicted molar refractivity (Wildman–Crippen MR) is 57.9 cm³/mol. The second-order valence-electron chi connectivity index (χ2n) is 4.06. The highest BCUT2D eigenvalue weighted by molar-refractivity contribution is 7.60. The Bertz CT molecular complexity index is 418. The molecule has 0 amide bonds. The van der Waals surface area contributed by atoms with Crippen molar-refractivity contribution in [2.45, 2.75) is 36.6 Å². The third-order valence-electron chi connectivity index (χ3n) is 2.54. The van der Waals surface area contributed by atoms with E-state index in [9.17, 15) is 34.7 Å². The van der Waals surface area contributed by atoms with Crippen LogP contribution in [0.5, 0.6) is 0 Å². The van der Waals surface area contributed by atoms with E-state index in [4.69, 9.17) is 14.7 Å². The van der Waals surface area contributed by atoms with Crippen LogP contribution in [-0.2, 0) is 18.0 Å². The summed E-state index contributed by atoms with van der Waals surface area (Å²) in [5, 5.41) is 46.8. The molecule has 8 N–H and O–H groups in total. The average molecular weight is 340 g/mol. The minimum absolute atomic E-state index is 1.96. The van der Waals surface area contributed by atoms with E-state index >= 15 is 0 Å². The molecule has 1 aliphatic carbocycles. The molecule has 0 aromatic rings. The molecule has 20 heavy (non-hydrogen) atoms. The van der Waals surface area contributed by atoms with Crippen molar-refractivity contribution in [1.29, 1.82) is 0 Å². The maximum Gasteiger partial charge on any atom is 0.481 e. The first-order valence-electron chi connectivity index (χ1n) is 5.04. The summed E-state index contributed by atoms with van der Waals surface area (Å²) in [5.41, 5.74) is 0. The van der Waals surface area contributed by atoms with E-state index in [0.717, 1.165) is 0 Å². The summed E-state index contributed by atoms with van der Waals surface area (Å²) >= 11 is 0. The SMILES string of the molecule is O=P(O)(O)OP(=O)(O)OC1[C@@H](O)[C@H](O)C(O)[C@H](O)[C@H]1O. The molecule has 0 aromatic heterocycles. The minimum atomic E-state index is -5.42.